The van der Waals surface area contributed by atoms with E-state index in [9.17, 15) is 0 Å². The van der Waals surface area contributed by atoms with Gasteiger partial charge in [-0.1, -0.05) is 169 Å². The predicted molar refractivity (Wildman–Crippen MR) is 204 cm³/mol. The molecule has 8 atom stereocenters. The molecule has 0 aromatic rings. The fourth-order valence-electron chi connectivity index (χ4n) is 11.8. The topological polar surface area (TPSA) is 12.0 Å². The van der Waals surface area contributed by atoms with E-state index in [1.165, 1.54) is 180 Å². The molecule has 0 spiro atoms. The standard InChI is InChI=1S/C45H83N/c1-7-8-9-10-11-12-13-14-15-16-17-18-19-20-21-22-34-46-39-30-32-44(5)38(35-39)26-27-40-42-29-28-41(37(4)25-23-24-36(2)3)45(42,6)33-31-43(40)44/h26,36-37,39-43,46H,7-25,27-35H2,1-6H3. The first-order valence-electron chi connectivity index (χ1n) is 21.7. The van der Waals surface area contributed by atoms with Crippen molar-refractivity contribution in [3.8, 4) is 0 Å². The van der Waals surface area contributed by atoms with E-state index < -0.39 is 0 Å². The van der Waals surface area contributed by atoms with Gasteiger partial charge < -0.3 is 5.32 Å². The average molecular weight is 638 g/mol. The van der Waals surface area contributed by atoms with Crippen molar-refractivity contribution < 1.29 is 0 Å². The van der Waals surface area contributed by atoms with Crippen molar-refractivity contribution in [1.82, 2.24) is 5.32 Å². The fourth-order valence-corrected chi connectivity index (χ4v) is 11.8. The van der Waals surface area contributed by atoms with Crippen molar-refractivity contribution in [2.75, 3.05) is 6.54 Å². The summed E-state index contributed by atoms with van der Waals surface area (Å²) in [5.41, 5.74) is 2.98. The molecule has 1 heteroatoms. The van der Waals surface area contributed by atoms with Gasteiger partial charge in [-0.2, -0.15) is 0 Å². The smallest absolute Gasteiger partial charge is 0.0105 e. The summed E-state index contributed by atoms with van der Waals surface area (Å²) in [6, 6.07) is 0.739. The van der Waals surface area contributed by atoms with E-state index in [0.717, 1.165) is 41.5 Å². The highest BCUT2D eigenvalue weighted by atomic mass is 14.9. The highest BCUT2D eigenvalue weighted by Crippen LogP contribution is 2.67. The molecule has 0 radical (unpaired) electrons. The molecular formula is C45H83N. The molecule has 46 heavy (non-hydrogen) atoms. The molecule has 0 saturated heterocycles. The predicted octanol–water partition coefficient (Wildman–Crippen LogP) is 14.2. The number of allylic oxidation sites excluding steroid dienone is 1. The lowest BCUT2D eigenvalue weighted by Gasteiger charge is -2.58. The van der Waals surface area contributed by atoms with E-state index in [1.807, 2.05) is 5.57 Å². The van der Waals surface area contributed by atoms with Gasteiger partial charge in [-0.15, -0.1) is 0 Å². The maximum Gasteiger partial charge on any atom is 0.0105 e. The summed E-state index contributed by atoms with van der Waals surface area (Å²) < 4.78 is 0. The van der Waals surface area contributed by atoms with Gasteiger partial charge in [0.2, 0.25) is 0 Å². The third-order valence-corrected chi connectivity index (χ3v) is 14.8. The minimum Gasteiger partial charge on any atom is -0.314 e. The second kappa shape index (κ2) is 19.8. The van der Waals surface area contributed by atoms with Crippen LogP contribution in [0.5, 0.6) is 0 Å². The van der Waals surface area contributed by atoms with Gasteiger partial charge in [0.05, 0.1) is 0 Å². The Balaban J connectivity index is 1.07. The van der Waals surface area contributed by atoms with Crippen molar-refractivity contribution >= 4 is 0 Å². The monoisotopic (exact) mass is 638 g/mol. The highest BCUT2D eigenvalue weighted by molar-refractivity contribution is 5.26. The average Bonchev–Trinajstić information content (AvgIpc) is 3.39. The van der Waals surface area contributed by atoms with Crippen LogP contribution in [0.1, 0.15) is 215 Å². The second-order valence-corrected chi connectivity index (χ2v) is 18.5. The fraction of sp³-hybridized carbons (Fsp3) is 0.956. The van der Waals surface area contributed by atoms with Gasteiger partial charge >= 0.3 is 0 Å². The first-order valence-corrected chi connectivity index (χ1v) is 21.7. The second-order valence-electron chi connectivity index (χ2n) is 18.5. The maximum absolute atomic E-state index is 4.04. The van der Waals surface area contributed by atoms with E-state index in [1.54, 1.807) is 0 Å². The van der Waals surface area contributed by atoms with Gasteiger partial charge in [0, 0.05) is 6.04 Å². The molecule has 0 heterocycles. The summed E-state index contributed by atoms with van der Waals surface area (Å²) in [7, 11) is 0. The van der Waals surface area contributed by atoms with Gasteiger partial charge in [-0.05, 0) is 111 Å². The molecule has 3 fully saturated rings. The molecule has 0 amide bonds. The van der Waals surface area contributed by atoms with Crippen molar-refractivity contribution in [3.63, 3.8) is 0 Å². The van der Waals surface area contributed by atoms with E-state index in [2.05, 4.69) is 52.9 Å². The van der Waals surface area contributed by atoms with Crippen LogP contribution in [-0.2, 0) is 0 Å². The van der Waals surface area contributed by atoms with E-state index in [-0.39, 0.29) is 0 Å². The highest BCUT2D eigenvalue weighted by Gasteiger charge is 2.59. The van der Waals surface area contributed by atoms with E-state index in [4.69, 9.17) is 0 Å². The van der Waals surface area contributed by atoms with Crippen molar-refractivity contribution in [2.24, 2.45) is 46.3 Å². The minimum atomic E-state index is 0.498. The number of unbranched alkanes of at least 4 members (excludes halogenated alkanes) is 15. The third-order valence-electron chi connectivity index (χ3n) is 14.8. The quantitative estimate of drug-likeness (QED) is 0.0868. The Hall–Kier alpha value is -0.300. The van der Waals surface area contributed by atoms with Crippen LogP contribution in [0.3, 0.4) is 0 Å². The van der Waals surface area contributed by atoms with Crippen LogP contribution in [0.4, 0.5) is 0 Å². The van der Waals surface area contributed by atoms with Gasteiger partial charge in [0.15, 0.2) is 0 Å². The summed E-state index contributed by atoms with van der Waals surface area (Å²) in [6.45, 7) is 16.4. The van der Waals surface area contributed by atoms with Gasteiger partial charge in [-0.3, -0.25) is 0 Å². The first-order chi connectivity index (χ1) is 22.3. The van der Waals surface area contributed by atoms with Crippen LogP contribution in [0.15, 0.2) is 11.6 Å². The number of fused-ring (bicyclic) bond motifs is 5. The molecule has 1 nitrogen and oxygen atoms in total. The maximum atomic E-state index is 4.04. The SMILES string of the molecule is CCCCCCCCCCCCCCCCCCNC1CCC2(C)C(=CCC3C2CCC2(C)C(C(C)CCCC(C)C)CCC32)C1. The van der Waals surface area contributed by atoms with Gasteiger partial charge in [-0.25, -0.2) is 0 Å². The minimum absolute atomic E-state index is 0.498. The Morgan fingerprint density at radius 2 is 1.28 bits per heavy atom. The lowest BCUT2D eigenvalue weighted by molar-refractivity contribution is -0.0514. The molecule has 4 aliphatic carbocycles. The Morgan fingerprint density at radius 1 is 0.674 bits per heavy atom. The lowest BCUT2D eigenvalue weighted by Crippen LogP contribution is -2.51. The summed E-state index contributed by atoms with van der Waals surface area (Å²) in [6.07, 6.45) is 42.1. The number of hydrogen-bond donors (Lipinski definition) is 1. The third kappa shape index (κ3) is 10.6. The van der Waals surface area contributed by atoms with Crippen LogP contribution in [0.25, 0.3) is 0 Å². The van der Waals surface area contributed by atoms with Crippen molar-refractivity contribution in [2.45, 2.75) is 221 Å². The number of rotatable bonds is 23. The van der Waals surface area contributed by atoms with Crippen LogP contribution in [-0.4, -0.2) is 12.6 Å². The Bertz CT molecular complexity index is 857. The van der Waals surface area contributed by atoms with Crippen LogP contribution in [0, 0.1) is 46.3 Å². The molecule has 0 aromatic heterocycles. The molecule has 8 unspecified atom stereocenters. The number of hydrogen-bond acceptors (Lipinski definition) is 1. The normalized spacial score (nSPS) is 33.0. The van der Waals surface area contributed by atoms with Crippen molar-refractivity contribution in [1.29, 1.82) is 0 Å². The Morgan fingerprint density at radius 3 is 1.89 bits per heavy atom. The Labute approximate surface area is 290 Å². The lowest BCUT2D eigenvalue weighted by atomic mass is 9.47. The molecule has 0 aromatic carbocycles. The van der Waals surface area contributed by atoms with Gasteiger partial charge in [0.1, 0.15) is 0 Å². The summed E-state index contributed by atoms with van der Waals surface area (Å²) in [5, 5.41) is 4.04. The van der Waals surface area contributed by atoms with E-state index in [0.29, 0.717) is 10.8 Å². The molecular weight excluding hydrogens is 555 g/mol. The molecule has 1 N–H and O–H groups in total. The largest absolute Gasteiger partial charge is 0.314 e. The zero-order chi connectivity index (χ0) is 32.8. The van der Waals surface area contributed by atoms with Crippen LogP contribution in [0.2, 0.25) is 0 Å². The summed E-state index contributed by atoms with van der Waals surface area (Å²) in [5.74, 6) is 5.68. The van der Waals surface area contributed by atoms with Crippen LogP contribution < -0.4 is 5.32 Å². The zero-order valence-electron chi connectivity index (χ0n) is 32.4. The van der Waals surface area contributed by atoms with Crippen LogP contribution >= 0.6 is 0 Å². The zero-order valence-corrected chi connectivity index (χ0v) is 32.4. The summed E-state index contributed by atoms with van der Waals surface area (Å²) in [4.78, 5) is 0. The molecule has 3 saturated carbocycles. The molecule has 0 bridgehead atoms. The Kier molecular flexibility index (Phi) is 16.6. The number of nitrogens with one attached hydrogen (secondary N) is 1. The molecule has 4 rings (SSSR count). The summed E-state index contributed by atoms with van der Waals surface area (Å²) >= 11 is 0. The van der Waals surface area contributed by atoms with E-state index >= 15 is 0 Å². The molecule has 268 valence electrons. The van der Waals surface area contributed by atoms with Crippen molar-refractivity contribution in [3.05, 3.63) is 11.6 Å². The van der Waals surface area contributed by atoms with Gasteiger partial charge in [0.25, 0.3) is 0 Å². The molecule has 4 aliphatic rings. The first kappa shape index (κ1) is 38.5. The molecule has 0 aliphatic heterocycles.